The topological polar surface area (TPSA) is 41.5 Å². The van der Waals surface area contributed by atoms with Crippen LogP contribution >= 0.6 is 0 Å². The molecule has 18 heavy (non-hydrogen) atoms. The maximum Gasteiger partial charge on any atom is 0.0613 e. The van der Waals surface area contributed by atoms with Crippen molar-refractivity contribution in [2.75, 3.05) is 20.3 Å². The fourth-order valence-corrected chi connectivity index (χ4v) is 2.13. The maximum absolute atomic E-state index is 9.60. The van der Waals surface area contributed by atoms with Gasteiger partial charge in [0.1, 0.15) is 0 Å². The van der Waals surface area contributed by atoms with Crippen molar-refractivity contribution in [2.24, 2.45) is 0 Å². The van der Waals surface area contributed by atoms with E-state index in [1.807, 2.05) is 25.1 Å². The van der Waals surface area contributed by atoms with Crippen LogP contribution in [0.5, 0.6) is 0 Å². The molecule has 0 heterocycles. The third kappa shape index (κ3) is 5.63. The van der Waals surface area contributed by atoms with E-state index in [0.29, 0.717) is 18.6 Å². The molecule has 2 N–H and O–H groups in total. The van der Waals surface area contributed by atoms with Crippen LogP contribution in [0.15, 0.2) is 30.3 Å². The standard InChI is InChI=1S/C15H25NO2/c1-12(11-18-3)16-10-15(9-13(2)17)14-7-5-4-6-8-14/h4-8,12-13,15-17H,9-11H2,1-3H3. The zero-order valence-corrected chi connectivity index (χ0v) is 11.6. The number of ether oxygens (including phenoxy) is 1. The molecule has 1 aromatic rings. The molecular weight excluding hydrogens is 226 g/mol. The van der Waals surface area contributed by atoms with Crippen molar-refractivity contribution in [3.8, 4) is 0 Å². The summed E-state index contributed by atoms with van der Waals surface area (Å²) in [7, 11) is 1.71. The van der Waals surface area contributed by atoms with Gasteiger partial charge in [-0.25, -0.2) is 0 Å². The zero-order valence-electron chi connectivity index (χ0n) is 11.6. The zero-order chi connectivity index (χ0) is 13.4. The number of methoxy groups -OCH3 is 1. The third-order valence-electron chi connectivity index (χ3n) is 3.03. The van der Waals surface area contributed by atoms with Gasteiger partial charge in [0.25, 0.3) is 0 Å². The number of aliphatic hydroxyl groups is 1. The van der Waals surface area contributed by atoms with Gasteiger partial charge in [-0.15, -0.1) is 0 Å². The molecule has 1 rings (SSSR count). The predicted octanol–water partition coefficient (Wildman–Crippen LogP) is 2.17. The van der Waals surface area contributed by atoms with E-state index in [1.165, 1.54) is 5.56 Å². The van der Waals surface area contributed by atoms with Crippen molar-refractivity contribution in [1.29, 1.82) is 0 Å². The normalized spacial score (nSPS) is 16.2. The molecule has 3 unspecified atom stereocenters. The molecule has 0 radical (unpaired) electrons. The molecule has 0 aliphatic heterocycles. The smallest absolute Gasteiger partial charge is 0.0613 e. The highest BCUT2D eigenvalue weighted by molar-refractivity contribution is 5.20. The lowest BCUT2D eigenvalue weighted by molar-refractivity contribution is 0.161. The molecule has 0 aromatic heterocycles. The number of hydrogen-bond acceptors (Lipinski definition) is 3. The Morgan fingerprint density at radius 2 is 1.89 bits per heavy atom. The molecule has 0 aliphatic rings. The molecule has 0 bridgehead atoms. The second-order valence-electron chi connectivity index (χ2n) is 4.96. The summed E-state index contributed by atoms with van der Waals surface area (Å²) in [5.74, 6) is 0.338. The van der Waals surface area contributed by atoms with E-state index in [9.17, 15) is 5.11 Å². The predicted molar refractivity (Wildman–Crippen MR) is 74.8 cm³/mol. The minimum atomic E-state index is -0.283. The summed E-state index contributed by atoms with van der Waals surface area (Å²) in [6.45, 7) is 5.51. The lowest BCUT2D eigenvalue weighted by Gasteiger charge is -2.22. The van der Waals surface area contributed by atoms with Gasteiger partial charge in [-0.1, -0.05) is 30.3 Å². The Balaban J connectivity index is 2.56. The largest absolute Gasteiger partial charge is 0.393 e. The number of benzene rings is 1. The van der Waals surface area contributed by atoms with E-state index >= 15 is 0 Å². The van der Waals surface area contributed by atoms with E-state index < -0.39 is 0 Å². The highest BCUT2D eigenvalue weighted by Crippen LogP contribution is 2.20. The van der Waals surface area contributed by atoms with Crippen LogP contribution in [-0.2, 0) is 4.74 Å². The SMILES string of the molecule is COCC(C)NCC(CC(C)O)c1ccccc1. The number of hydrogen-bond donors (Lipinski definition) is 2. The van der Waals surface area contributed by atoms with Gasteiger partial charge in [-0.05, 0) is 31.7 Å². The van der Waals surface area contributed by atoms with Crippen molar-refractivity contribution < 1.29 is 9.84 Å². The van der Waals surface area contributed by atoms with Gasteiger partial charge in [0, 0.05) is 19.7 Å². The van der Waals surface area contributed by atoms with Crippen molar-refractivity contribution in [2.45, 2.75) is 38.3 Å². The molecule has 0 amide bonds. The minimum Gasteiger partial charge on any atom is -0.393 e. The van der Waals surface area contributed by atoms with Gasteiger partial charge >= 0.3 is 0 Å². The summed E-state index contributed by atoms with van der Waals surface area (Å²) in [5.41, 5.74) is 1.27. The summed E-state index contributed by atoms with van der Waals surface area (Å²) in [6, 6.07) is 10.7. The van der Waals surface area contributed by atoms with Crippen LogP contribution in [0.3, 0.4) is 0 Å². The second kappa shape index (κ2) is 8.25. The van der Waals surface area contributed by atoms with Crippen LogP contribution in [-0.4, -0.2) is 37.5 Å². The summed E-state index contributed by atoms with van der Waals surface area (Å²) in [4.78, 5) is 0. The van der Waals surface area contributed by atoms with E-state index in [4.69, 9.17) is 4.74 Å². The third-order valence-corrected chi connectivity index (χ3v) is 3.03. The van der Waals surface area contributed by atoms with E-state index in [-0.39, 0.29) is 6.10 Å². The first kappa shape index (κ1) is 15.2. The van der Waals surface area contributed by atoms with Crippen LogP contribution in [0.4, 0.5) is 0 Å². The van der Waals surface area contributed by atoms with Gasteiger partial charge in [0.2, 0.25) is 0 Å². The first-order chi connectivity index (χ1) is 8.63. The summed E-state index contributed by atoms with van der Waals surface area (Å²) >= 11 is 0. The Morgan fingerprint density at radius 3 is 2.44 bits per heavy atom. The second-order valence-corrected chi connectivity index (χ2v) is 4.96. The van der Waals surface area contributed by atoms with Crippen LogP contribution in [0, 0.1) is 0 Å². The van der Waals surface area contributed by atoms with Gasteiger partial charge < -0.3 is 15.2 Å². The molecule has 0 spiro atoms. The molecule has 0 aliphatic carbocycles. The molecule has 3 heteroatoms. The van der Waals surface area contributed by atoms with Crippen molar-refractivity contribution in [3.05, 3.63) is 35.9 Å². The molecule has 3 nitrogen and oxygen atoms in total. The highest BCUT2D eigenvalue weighted by atomic mass is 16.5. The summed E-state index contributed by atoms with van der Waals surface area (Å²) in [6.07, 6.45) is 0.492. The van der Waals surface area contributed by atoms with Gasteiger partial charge in [-0.2, -0.15) is 0 Å². The van der Waals surface area contributed by atoms with Crippen LogP contribution < -0.4 is 5.32 Å². The first-order valence-corrected chi connectivity index (χ1v) is 6.58. The molecule has 0 fully saturated rings. The number of aliphatic hydroxyl groups excluding tert-OH is 1. The Bertz CT molecular complexity index is 314. The summed E-state index contributed by atoms with van der Waals surface area (Å²) in [5, 5.41) is 13.1. The Morgan fingerprint density at radius 1 is 1.22 bits per heavy atom. The monoisotopic (exact) mass is 251 g/mol. The molecular formula is C15H25NO2. The average Bonchev–Trinajstić information content (AvgIpc) is 2.35. The van der Waals surface area contributed by atoms with Crippen LogP contribution in [0.2, 0.25) is 0 Å². The molecule has 0 saturated heterocycles. The van der Waals surface area contributed by atoms with Crippen LogP contribution in [0.25, 0.3) is 0 Å². The first-order valence-electron chi connectivity index (χ1n) is 6.58. The summed E-state index contributed by atoms with van der Waals surface area (Å²) < 4.78 is 5.11. The van der Waals surface area contributed by atoms with Crippen molar-refractivity contribution in [3.63, 3.8) is 0 Å². The molecule has 0 saturated carbocycles. The number of nitrogens with one attached hydrogen (secondary N) is 1. The fourth-order valence-electron chi connectivity index (χ4n) is 2.13. The Labute approximate surface area is 110 Å². The molecule has 102 valence electrons. The van der Waals surface area contributed by atoms with Crippen molar-refractivity contribution >= 4 is 0 Å². The lowest BCUT2D eigenvalue weighted by atomic mass is 9.93. The van der Waals surface area contributed by atoms with Gasteiger partial charge in [0.15, 0.2) is 0 Å². The Hall–Kier alpha value is -0.900. The lowest BCUT2D eigenvalue weighted by Crippen LogP contribution is -2.34. The van der Waals surface area contributed by atoms with Crippen LogP contribution in [0.1, 0.15) is 31.7 Å². The Kier molecular flexibility index (Phi) is 6.94. The molecule has 3 atom stereocenters. The molecule has 1 aromatic carbocycles. The fraction of sp³-hybridized carbons (Fsp3) is 0.600. The van der Waals surface area contributed by atoms with E-state index in [2.05, 4.69) is 24.4 Å². The minimum absolute atomic E-state index is 0.283. The van der Waals surface area contributed by atoms with Crippen molar-refractivity contribution in [1.82, 2.24) is 5.32 Å². The maximum atomic E-state index is 9.60. The average molecular weight is 251 g/mol. The van der Waals surface area contributed by atoms with E-state index in [0.717, 1.165) is 13.0 Å². The number of rotatable bonds is 8. The quantitative estimate of drug-likeness (QED) is 0.744. The van der Waals surface area contributed by atoms with E-state index in [1.54, 1.807) is 7.11 Å². The van der Waals surface area contributed by atoms with Gasteiger partial charge in [-0.3, -0.25) is 0 Å². The highest BCUT2D eigenvalue weighted by Gasteiger charge is 2.14. The van der Waals surface area contributed by atoms with Gasteiger partial charge in [0.05, 0.1) is 12.7 Å².